The van der Waals surface area contributed by atoms with E-state index >= 15 is 0 Å². The molecular formula is C31H36O6. The third-order valence-electron chi connectivity index (χ3n) is 5.73. The fraction of sp³-hybridized carbons (Fsp3) is 0.323. The van der Waals surface area contributed by atoms with Crippen molar-refractivity contribution in [2.75, 3.05) is 0 Å². The molecule has 3 aromatic rings. The van der Waals surface area contributed by atoms with E-state index in [0.717, 1.165) is 16.7 Å². The van der Waals surface area contributed by atoms with Crippen LogP contribution in [0, 0.1) is 0 Å². The number of hydrogen-bond acceptors (Lipinski definition) is 5. The molecule has 0 bridgehead atoms. The van der Waals surface area contributed by atoms with Crippen LogP contribution in [0.4, 0.5) is 0 Å². The summed E-state index contributed by atoms with van der Waals surface area (Å²) < 4.78 is 18.4. The summed E-state index contributed by atoms with van der Waals surface area (Å²) >= 11 is 0. The Hall–Kier alpha value is -3.29. The van der Waals surface area contributed by atoms with Crippen LogP contribution in [0.3, 0.4) is 0 Å². The molecule has 3 rings (SSSR count). The molecule has 0 aliphatic rings. The van der Waals surface area contributed by atoms with Gasteiger partial charge in [0.05, 0.1) is 44.6 Å². The van der Waals surface area contributed by atoms with Crippen molar-refractivity contribution >= 4 is 5.97 Å². The van der Waals surface area contributed by atoms with Gasteiger partial charge in [-0.25, -0.2) is 0 Å². The number of hydrogen-bond donors (Lipinski definition) is 2. The quantitative estimate of drug-likeness (QED) is 0.249. The summed E-state index contributed by atoms with van der Waals surface area (Å²) in [5.41, 5.74) is 2.94. The molecule has 6 heteroatoms. The zero-order valence-corrected chi connectivity index (χ0v) is 21.2. The summed E-state index contributed by atoms with van der Waals surface area (Å²) in [6.07, 6.45) is 1.49. The van der Waals surface area contributed by atoms with Gasteiger partial charge in [0.1, 0.15) is 6.10 Å². The first kappa shape index (κ1) is 28.3. The maximum Gasteiger partial charge on any atom is 0.306 e. The molecule has 37 heavy (non-hydrogen) atoms. The smallest absolute Gasteiger partial charge is 0.306 e. The molecule has 0 spiro atoms. The lowest BCUT2D eigenvalue weighted by molar-refractivity contribution is -0.144. The van der Waals surface area contributed by atoms with Crippen molar-refractivity contribution in [3.8, 4) is 0 Å². The van der Waals surface area contributed by atoms with Gasteiger partial charge in [0.15, 0.2) is 0 Å². The number of rotatable bonds is 16. The van der Waals surface area contributed by atoms with Gasteiger partial charge in [-0.3, -0.25) is 4.79 Å². The molecule has 6 nitrogen and oxygen atoms in total. The maximum atomic E-state index is 11.7. The predicted molar refractivity (Wildman–Crippen MR) is 143 cm³/mol. The molecule has 2 N–H and O–H groups in total. The average Bonchev–Trinajstić information content (AvgIpc) is 2.91. The summed E-state index contributed by atoms with van der Waals surface area (Å²) in [5.74, 6) is -0.972. The van der Waals surface area contributed by atoms with Crippen LogP contribution in [0.15, 0.2) is 103 Å². The first-order valence-electron chi connectivity index (χ1n) is 12.5. The molecular weight excluding hydrogens is 468 g/mol. The van der Waals surface area contributed by atoms with E-state index < -0.39 is 24.3 Å². The number of aliphatic carboxylic acids is 1. The minimum Gasteiger partial charge on any atom is -0.481 e. The van der Waals surface area contributed by atoms with Crippen LogP contribution >= 0.6 is 0 Å². The highest BCUT2D eigenvalue weighted by Gasteiger charge is 2.25. The van der Waals surface area contributed by atoms with Crippen LogP contribution < -0.4 is 0 Å². The number of carboxylic acid groups (broad SMARTS) is 1. The van der Waals surface area contributed by atoms with Crippen LogP contribution in [0.25, 0.3) is 0 Å². The number of carboxylic acids is 1. The van der Waals surface area contributed by atoms with E-state index in [0.29, 0.717) is 19.6 Å². The lowest BCUT2D eigenvalue weighted by atomic mass is 10.1. The van der Waals surface area contributed by atoms with Gasteiger partial charge in [0, 0.05) is 6.42 Å². The Morgan fingerprint density at radius 1 is 0.730 bits per heavy atom. The maximum absolute atomic E-state index is 11.7. The molecule has 196 valence electrons. The van der Waals surface area contributed by atoms with Crippen molar-refractivity contribution in [2.24, 2.45) is 0 Å². The third-order valence-corrected chi connectivity index (χ3v) is 5.73. The fourth-order valence-corrected chi connectivity index (χ4v) is 3.82. The van der Waals surface area contributed by atoms with Gasteiger partial charge in [0.25, 0.3) is 0 Å². The summed E-state index contributed by atoms with van der Waals surface area (Å²) in [6, 6.07) is 29.1. The van der Waals surface area contributed by atoms with Crippen molar-refractivity contribution in [2.45, 2.75) is 64.0 Å². The number of aliphatic hydroxyl groups is 1. The standard InChI is InChI=1S/C31H36O6/c1-24(32)19-28(35-21-25-11-5-2-6-12-25)17-18-29(36-22-26-13-7-3-8-14-26)30(20-31(33)34)37-23-27-15-9-4-10-16-27/h2-18,24,28-30,32H,19-23H2,1H3,(H,33,34)/b18-17+/t24-,28-,29+,30+/m1/s1. The van der Waals surface area contributed by atoms with Gasteiger partial charge < -0.3 is 24.4 Å². The molecule has 0 fully saturated rings. The molecule has 0 aliphatic carbocycles. The van der Waals surface area contributed by atoms with Gasteiger partial charge >= 0.3 is 5.97 Å². The molecule has 4 atom stereocenters. The zero-order valence-electron chi connectivity index (χ0n) is 21.2. The Morgan fingerprint density at radius 2 is 1.19 bits per heavy atom. The number of ether oxygens (including phenoxy) is 3. The summed E-state index contributed by atoms with van der Waals surface area (Å²) in [4.78, 5) is 11.7. The van der Waals surface area contributed by atoms with Gasteiger partial charge in [0.2, 0.25) is 0 Å². The lowest BCUT2D eigenvalue weighted by Crippen LogP contribution is -2.33. The number of carbonyl (C=O) groups is 1. The van der Waals surface area contributed by atoms with E-state index in [-0.39, 0.29) is 19.1 Å². The Morgan fingerprint density at radius 3 is 1.65 bits per heavy atom. The van der Waals surface area contributed by atoms with Gasteiger partial charge in [-0.1, -0.05) is 103 Å². The minimum absolute atomic E-state index is 0.220. The van der Waals surface area contributed by atoms with Gasteiger partial charge in [-0.05, 0) is 23.6 Å². The van der Waals surface area contributed by atoms with E-state index in [2.05, 4.69) is 0 Å². The van der Waals surface area contributed by atoms with Crippen molar-refractivity contribution in [3.05, 3.63) is 120 Å². The molecule has 0 aromatic heterocycles. The Labute approximate surface area is 219 Å². The van der Waals surface area contributed by atoms with E-state index in [4.69, 9.17) is 14.2 Å². The second kappa shape index (κ2) is 15.7. The first-order valence-corrected chi connectivity index (χ1v) is 12.5. The van der Waals surface area contributed by atoms with Crippen LogP contribution in [0.1, 0.15) is 36.5 Å². The molecule has 3 aromatic carbocycles. The Balaban J connectivity index is 1.77. The summed E-state index contributed by atoms with van der Waals surface area (Å²) in [7, 11) is 0. The van der Waals surface area contributed by atoms with Gasteiger partial charge in [-0.2, -0.15) is 0 Å². The Kier molecular flexibility index (Phi) is 12.0. The van der Waals surface area contributed by atoms with Crippen LogP contribution in [-0.4, -0.2) is 40.6 Å². The van der Waals surface area contributed by atoms with Crippen molar-refractivity contribution in [1.82, 2.24) is 0 Å². The van der Waals surface area contributed by atoms with E-state index in [9.17, 15) is 15.0 Å². The summed E-state index contributed by atoms with van der Waals surface area (Å²) in [6.45, 7) is 2.67. The number of benzene rings is 3. The molecule has 0 heterocycles. The third kappa shape index (κ3) is 11.1. The molecule has 0 aliphatic heterocycles. The SMILES string of the molecule is C[C@@H](O)C[C@@H](/C=C/[C@H](OCc1ccccc1)[C@H](CC(=O)O)OCc1ccccc1)OCc1ccccc1. The van der Waals surface area contributed by atoms with Crippen LogP contribution in [0.5, 0.6) is 0 Å². The minimum atomic E-state index is -0.972. The van der Waals surface area contributed by atoms with E-state index in [1.54, 1.807) is 13.0 Å². The number of aliphatic hydroxyl groups excluding tert-OH is 1. The first-order chi connectivity index (χ1) is 18.0. The topological polar surface area (TPSA) is 85.2 Å². The highest BCUT2D eigenvalue weighted by molar-refractivity contribution is 5.67. The molecule has 0 amide bonds. The highest BCUT2D eigenvalue weighted by Crippen LogP contribution is 2.18. The molecule has 0 saturated carbocycles. The Bertz CT molecular complexity index is 1050. The molecule has 0 saturated heterocycles. The zero-order chi connectivity index (χ0) is 26.3. The second-order valence-electron chi connectivity index (χ2n) is 9.00. The van der Waals surface area contributed by atoms with Crippen molar-refractivity contribution < 1.29 is 29.2 Å². The predicted octanol–water partition coefficient (Wildman–Crippen LogP) is 5.54. The largest absolute Gasteiger partial charge is 0.481 e. The van der Waals surface area contributed by atoms with Crippen molar-refractivity contribution in [1.29, 1.82) is 0 Å². The molecule has 0 radical (unpaired) electrons. The van der Waals surface area contributed by atoms with Crippen LogP contribution in [-0.2, 0) is 38.8 Å². The van der Waals surface area contributed by atoms with Crippen LogP contribution in [0.2, 0.25) is 0 Å². The fourth-order valence-electron chi connectivity index (χ4n) is 3.82. The lowest BCUT2D eigenvalue weighted by Gasteiger charge is -2.25. The highest BCUT2D eigenvalue weighted by atomic mass is 16.5. The normalized spacial score (nSPS) is 14.8. The average molecular weight is 505 g/mol. The second-order valence-corrected chi connectivity index (χ2v) is 9.00. The van der Waals surface area contributed by atoms with Gasteiger partial charge in [-0.15, -0.1) is 0 Å². The molecule has 0 unspecified atom stereocenters. The van der Waals surface area contributed by atoms with E-state index in [1.165, 1.54) is 0 Å². The summed E-state index contributed by atoms with van der Waals surface area (Å²) in [5, 5.41) is 19.6. The van der Waals surface area contributed by atoms with Crippen molar-refractivity contribution in [3.63, 3.8) is 0 Å². The van der Waals surface area contributed by atoms with E-state index in [1.807, 2.05) is 97.1 Å². The monoisotopic (exact) mass is 504 g/mol.